The lowest BCUT2D eigenvalue weighted by molar-refractivity contribution is 0.0770. The van der Waals surface area contributed by atoms with Gasteiger partial charge in [0.2, 0.25) is 0 Å². The Morgan fingerprint density at radius 3 is 2.82 bits per heavy atom. The zero-order valence-electron chi connectivity index (χ0n) is 12.5. The Hall–Kier alpha value is -2.50. The predicted octanol–water partition coefficient (Wildman–Crippen LogP) is 2.51. The van der Waals surface area contributed by atoms with Crippen molar-refractivity contribution in [2.24, 2.45) is 4.99 Å². The van der Waals surface area contributed by atoms with E-state index in [1.807, 2.05) is 23.2 Å². The molecule has 6 heteroatoms. The zero-order valence-corrected chi connectivity index (χ0v) is 12.5. The van der Waals surface area contributed by atoms with Gasteiger partial charge in [-0.1, -0.05) is 0 Å². The van der Waals surface area contributed by atoms with Crippen LogP contribution >= 0.6 is 0 Å². The molecule has 4 rings (SSSR count). The van der Waals surface area contributed by atoms with Crippen LogP contribution in [0.25, 0.3) is 10.9 Å². The monoisotopic (exact) mass is 299 g/mol. The van der Waals surface area contributed by atoms with Crippen molar-refractivity contribution in [2.75, 3.05) is 20.8 Å². The third-order valence-corrected chi connectivity index (χ3v) is 4.42. The van der Waals surface area contributed by atoms with Crippen LogP contribution < -0.4 is 9.47 Å². The number of nitrogens with zero attached hydrogens (tertiary/aromatic N) is 2. The number of carbonyl (C=O) groups is 1. The smallest absolute Gasteiger partial charge is 0.273 e. The van der Waals surface area contributed by atoms with E-state index in [1.165, 1.54) is 0 Å². The average Bonchev–Trinajstić information content (AvgIpc) is 3.12. The highest BCUT2D eigenvalue weighted by Crippen LogP contribution is 2.40. The van der Waals surface area contributed by atoms with Gasteiger partial charge in [-0.2, -0.15) is 0 Å². The number of H-pyrrole nitrogens is 1. The number of hydrogen-bond donors (Lipinski definition) is 1. The number of aromatic nitrogens is 1. The lowest BCUT2D eigenvalue weighted by Gasteiger charge is -2.19. The molecule has 1 saturated heterocycles. The van der Waals surface area contributed by atoms with Crippen LogP contribution in [0.2, 0.25) is 0 Å². The molecule has 1 fully saturated rings. The van der Waals surface area contributed by atoms with Gasteiger partial charge in [-0.05, 0) is 18.9 Å². The quantitative estimate of drug-likeness (QED) is 0.926. The highest BCUT2D eigenvalue weighted by atomic mass is 16.5. The summed E-state index contributed by atoms with van der Waals surface area (Å²) in [6.07, 6.45) is 3.90. The number of hydrogen-bond acceptors (Lipinski definition) is 4. The number of ether oxygens (including phenoxy) is 2. The molecule has 2 aromatic rings. The van der Waals surface area contributed by atoms with Crippen molar-refractivity contribution in [1.29, 1.82) is 0 Å². The minimum Gasteiger partial charge on any atom is -0.493 e. The predicted molar refractivity (Wildman–Crippen MR) is 83.6 cm³/mol. The van der Waals surface area contributed by atoms with Crippen LogP contribution in [-0.4, -0.2) is 48.8 Å². The molecule has 0 radical (unpaired) electrons. The second-order valence-electron chi connectivity index (χ2n) is 5.59. The first-order valence-corrected chi connectivity index (χ1v) is 7.35. The first-order valence-electron chi connectivity index (χ1n) is 7.35. The number of aromatic amines is 1. The maximum Gasteiger partial charge on any atom is 0.273 e. The molecule has 6 nitrogen and oxygen atoms in total. The fourth-order valence-corrected chi connectivity index (χ4v) is 3.30. The van der Waals surface area contributed by atoms with Gasteiger partial charge in [0.05, 0.1) is 25.8 Å². The third-order valence-electron chi connectivity index (χ3n) is 4.42. The van der Waals surface area contributed by atoms with E-state index in [0.717, 1.165) is 30.3 Å². The van der Waals surface area contributed by atoms with E-state index in [1.54, 1.807) is 14.2 Å². The van der Waals surface area contributed by atoms with Crippen molar-refractivity contribution in [3.8, 4) is 11.5 Å². The lowest BCUT2D eigenvalue weighted by atomic mass is 10.2. The van der Waals surface area contributed by atoms with Gasteiger partial charge < -0.3 is 19.4 Å². The molecule has 0 spiro atoms. The summed E-state index contributed by atoms with van der Waals surface area (Å²) in [6, 6.07) is 3.82. The molecule has 22 heavy (non-hydrogen) atoms. The molecule has 0 bridgehead atoms. The van der Waals surface area contributed by atoms with Crippen molar-refractivity contribution < 1.29 is 14.3 Å². The van der Waals surface area contributed by atoms with Crippen LogP contribution in [0.3, 0.4) is 0 Å². The first-order chi connectivity index (χ1) is 10.7. The molecular weight excluding hydrogens is 282 g/mol. The molecule has 0 saturated carbocycles. The molecule has 1 aromatic heterocycles. The zero-order chi connectivity index (χ0) is 15.3. The number of aliphatic imine (C=N–C) groups is 1. The Balaban J connectivity index is 1.94. The molecular formula is C16H17N3O3. The molecule has 0 unspecified atom stereocenters. The van der Waals surface area contributed by atoms with Crippen LogP contribution in [0.15, 0.2) is 17.1 Å². The van der Waals surface area contributed by atoms with Gasteiger partial charge in [0.15, 0.2) is 11.5 Å². The van der Waals surface area contributed by atoms with Crippen LogP contribution in [0.1, 0.15) is 23.3 Å². The second-order valence-corrected chi connectivity index (χ2v) is 5.59. The Bertz CT molecular complexity index is 794. The lowest BCUT2D eigenvalue weighted by Crippen LogP contribution is -2.35. The van der Waals surface area contributed by atoms with Crippen LogP contribution in [0, 0.1) is 0 Å². The number of carbonyl (C=O) groups excluding carboxylic acids is 1. The van der Waals surface area contributed by atoms with Gasteiger partial charge in [-0.15, -0.1) is 0 Å². The minimum absolute atomic E-state index is 0.0177. The van der Waals surface area contributed by atoms with E-state index in [2.05, 4.69) is 9.98 Å². The number of rotatable bonds is 2. The van der Waals surface area contributed by atoms with Crippen molar-refractivity contribution >= 4 is 28.7 Å². The molecule has 3 heterocycles. The summed E-state index contributed by atoms with van der Waals surface area (Å²) in [4.78, 5) is 22.4. The van der Waals surface area contributed by atoms with Crippen molar-refractivity contribution in [3.05, 3.63) is 17.8 Å². The fourth-order valence-electron chi connectivity index (χ4n) is 3.30. The highest BCUT2D eigenvalue weighted by Gasteiger charge is 2.33. The Morgan fingerprint density at radius 2 is 2.05 bits per heavy atom. The van der Waals surface area contributed by atoms with Crippen LogP contribution in [-0.2, 0) is 0 Å². The van der Waals surface area contributed by atoms with Crippen molar-refractivity contribution in [1.82, 2.24) is 9.88 Å². The molecule has 0 aliphatic carbocycles. The standard InChI is InChI=1S/C16H17N3O3/c1-21-12-6-10-11(7-13(12)22-2)18-15-14(10)17-8-9-4-3-5-19(9)16(15)20/h6-9,18H,3-5H2,1-2H3/t9-/m0/s1. The summed E-state index contributed by atoms with van der Waals surface area (Å²) in [5.74, 6) is 1.27. The van der Waals surface area contributed by atoms with Crippen molar-refractivity contribution in [3.63, 3.8) is 0 Å². The highest BCUT2D eigenvalue weighted by molar-refractivity contribution is 6.10. The molecule has 1 atom stereocenters. The first kappa shape index (κ1) is 13.2. The Labute approximate surface area is 127 Å². The number of methoxy groups -OCH3 is 2. The molecule has 1 N–H and O–H groups in total. The summed E-state index contributed by atoms with van der Waals surface area (Å²) in [5, 5.41) is 0.874. The normalized spacial score (nSPS) is 20.0. The van der Waals surface area contributed by atoms with Gasteiger partial charge in [-0.25, -0.2) is 0 Å². The molecule has 1 amide bonds. The third kappa shape index (κ3) is 1.73. The SMILES string of the molecule is COc1cc2[nH]c3c(c2cc1OC)N=C[C@@H]1CCCN1C3=O. The fraction of sp³-hybridized carbons (Fsp3) is 0.375. The molecule has 2 aliphatic rings. The summed E-state index contributed by atoms with van der Waals surface area (Å²) >= 11 is 0. The number of amides is 1. The summed E-state index contributed by atoms with van der Waals surface area (Å²) in [5.41, 5.74) is 2.06. The second kappa shape index (κ2) is 4.76. The van der Waals surface area contributed by atoms with E-state index in [9.17, 15) is 4.79 Å². The van der Waals surface area contributed by atoms with E-state index >= 15 is 0 Å². The van der Waals surface area contributed by atoms with E-state index in [0.29, 0.717) is 22.9 Å². The minimum atomic E-state index is 0.0177. The topological polar surface area (TPSA) is 66.9 Å². The largest absolute Gasteiger partial charge is 0.493 e. The van der Waals surface area contributed by atoms with Gasteiger partial charge in [0.25, 0.3) is 5.91 Å². The van der Waals surface area contributed by atoms with E-state index in [4.69, 9.17) is 9.47 Å². The summed E-state index contributed by atoms with van der Waals surface area (Å²) < 4.78 is 10.7. The van der Waals surface area contributed by atoms with Gasteiger partial charge in [-0.3, -0.25) is 9.79 Å². The number of benzene rings is 1. The summed E-state index contributed by atoms with van der Waals surface area (Å²) in [6.45, 7) is 0.789. The van der Waals surface area contributed by atoms with Gasteiger partial charge in [0, 0.05) is 24.2 Å². The van der Waals surface area contributed by atoms with Gasteiger partial charge in [0.1, 0.15) is 11.4 Å². The molecule has 2 aliphatic heterocycles. The van der Waals surface area contributed by atoms with Crippen LogP contribution in [0.5, 0.6) is 11.5 Å². The van der Waals surface area contributed by atoms with Crippen LogP contribution in [0.4, 0.5) is 5.69 Å². The maximum atomic E-state index is 12.7. The van der Waals surface area contributed by atoms with E-state index in [-0.39, 0.29) is 11.9 Å². The number of nitrogens with one attached hydrogen (secondary N) is 1. The van der Waals surface area contributed by atoms with Gasteiger partial charge >= 0.3 is 0 Å². The average molecular weight is 299 g/mol. The van der Waals surface area contributed by atoms with Crippen molar-refractivity contribution in [2.45, 2.75) is 18.9 Å². The molecule has 114 valence electrons. The van der Waals surface area contributed by atoms with E-state index < -0.39 is 0 Å². The number of fused-ring (bicyclic) bond motifs is 4. The maximum absolute atomic E-state index is 12.7. The Morgan fingerprint density at radius 1 is 1.27 bits per heavy atom. The Kier molecular flexibility index (Phi) is 2.85. The molecule has 1 aromatic carbocycles. The summed E-state index contributed by atoms with van der Waals surface area (Å²) in [7, 11) is 3.19.